The summed E-state index contributed by atoms with van der Waals surface area (Å²) < 4.78 is 0. The molecule has 0 fully saturated rings. The van der Waals surface area contributed by atoms with E-state index < -0.39 is 5.54 Å². The van der Waals surface area contributed by atoms with Gasteiger partial charge in [0, 0.05) is 10.9 Å². The Morgan fingerprint density at radius 2 is 2.28 bits per heavy atom. The van der Waals surface area contributed by atoms with E-state index in [4.69, 9.17) is 5.73 Å². The van der Waals surface area contributed by atoms with Crippen LogP contribution in [-0.4, -0.2) is 17.2 Å². The molecule has 1 aliphatic rings. The number of nitrogens with two attached hydrogens (primary N) is 1. The van der Waals surface area contributed by atoms with E-state index in [1.165, 1.54) is 10.5 Å². The second kappa shape index (κ2) is 5.33. The van der Waals surface area contributed by atoms with Gasteiger partial charge in [-0.25, -0.2) is 0 Å². The zero-order valence-corrected chi connectivity index (χ0v) is 11.7. The molecule has 1 aromatic carbocycles. The van der Waals surface area contributed by atoms with Crippen LogP contribution >= 0.6 is 11.8 Å². The van der Waals surface area contributed by atoms with E-state index in [9.17, 15) is 4.79 Å². The second-order valence-corrected chi connectivity index (χ2v) is 6.06. The number of carbonyl (C=O) groups is 1. The van der Waals surface area contributed by atoms with Gasteiger partial charge in [-0.15, -0.1) is 11.8 Å². The fourth-order valence-corrected chi connectivity index (χ4v) is 3.35. The summed E-state index contributed by atoms with van der Waals surface area (Å²) in [7, 11) is 0. The SMILES string of the molecule is CCC(C)(NC1CCSc2ccccc21)C(N)=O. The van der Waals surface area contributed by atoms with Gasteiger partial charge >= 0.3 is 0 Å². The minimum Gasteiger partial charge on any atom is -0.368 e. The van der Waals surface area contributed by atoms with Crippen LogP contribution in [0.1, 0.15) is 38.3 Å². The molecular weight excluding hydrogens is 244 g/mol. The first-order valence-corrected chi connectivity index (χ1v) is 7.34. The topological polar surface area (TPSA) is 55.1 Å². The molecule has 1 aromatic rings. The number of fused-ring (bicyclic) bond motifs is 1. The molecule has 2 atom stereocenters. The van der Waals surface area contributed by atoms with Gasteiger partial charge in [0.15, 0.2) is 0 Å². The van der Waals surface area contributed by atoms with Gasteiger partial charge in [-0.1, -0.05) is 25.1 Å². The predicted molar refractivity (Wildman–Crippen MR) is 75.6 cm³/mol. The van der Waals surface area contributed by atoms with Gasteiger partial charge in [-0.3, -0.25) is 10.1 Å². The number of amides is 1. The monoisotopic (exact) mass is 264 g/mol. The van der Waals surface area contributed by atoms with Crippen LogP contribution in [0.25, 0.3) is 0 Å². The van der Waals surface area contributed by atoms with Gasteiger partial charge in [-0.2, -0.15) is 0 Å². The number of rotatable bonds is 4. The summed E-state index contributed by atoms with van der Waals surface area (Å²) in [5, 5.41) is 3.45. The molecule has 3 nitrogen and oxygen atoms in total. The van der Waals surface area contributed by atoms with Crippen LogP contribution in [0.5, 0.6) is 0 Å². The van der Waals surface area contributed by atoms with Crippen LogP contribution in [0, 0.1) is 0 Å². The Bertz CT molecular complexity index is 449. The third-order valence-corrected chi connectivity index (χ3v) is 4.82. The average molecular weight is 264 g/mol. The van der Waals surface area contributed by atoms with Crippen molar-refractivity contribution >= 4 is 17.7 Å². The Hall–Kier alpha value is -1.00. The molecule has 0 spiro atoms. The van der Waals surface area contributed by atoms with Crippen molar-refractivity contribution in [2.45, 2.75) is 43.2 Å². The van der Waals surface area contributed by atoms with Crippen molar-refractivity contribution in [3.05, 3.63) is 29.8 Å². The van der Waals surface area contributed by atoms with Crippen molar-refractivity contribution in [2.24, 2.45) is 5.73 Å². The molecule has 0 saturated carbocycles. The highest BCUT2D eigenvalue weighted by atomic mass is 32.2. The number of benzene rings is 1. The van der Waals surface area contributed by atoms with Crippen molar-refractivity contribution in [1.29, 1.82) is 0 Å². The highest BCUT2D eigenvalue weighted by Crippen LogP contribution is 2.37. The molecule has 18 heavy (non-hydrogen) atoms. The molecule has 3 N–H and O–H groups in total. The van der Waals surface area contributed by atoms with Crippen LogP contribution in [-0.2, 0) is 4.79 Å². The smallest absolute Gasteiger partial charge is 0.237 e. The molecule has 4 heteroatoms. The minimum absolute atomic E-state index is 0.222. The largest absolute Gasteiger partial charge is 0.368 e. The van der Waals surface area contributed by atoms with E-state index in [0.717, 1.165) is 12.2 Å². The zero-order chi connectivity index (χ0) is 13.2. The van der Waals surface area contributed by atoms with Gasteiger partial charge in [0.05, 0.1) is 5.54 Å². The van der Waals surface area contributed by atoms with Crippen LogP contribution in [0.4, 0.5) is 0 Å². The van der Waals surface area contributed by atoms with E-state index in [1.54, 1.807) is 0 Å². The van der Waals surface area contributed by atoms with E-state index in [1.807, 2.05) is 31.7 Å². The lowest BCUT2D eigenvalue weighted by molar-refractivity contribution is -0.124. The first kappa shape index (κ1) is 13.4. The van der Waals surface area contributed by atoms with Crippen molar-refractivity contribution in [2.75, 3.05) is 5.75 Å². The summed E-state index contributed by atoms with van der Waals surface area (Å²) in [5.74, 6) is 0.800. The van der Waals surface area contributed by atoms with Crippen LogP contribution in [0.3, 0.4) is 0 Å². The maximum atomic E-state index is 11.6. The Morgan fingerprint density at radius 3 is 2.94 bits per heavy atom. The summed E-state index contributed by atoms with van der Waals surface area (Å²) in [5.41, 5.74) is 6.17. The number of hydrogen-bond acceptors (Lipinski definition) is 3. The molecule has 2 rings (SSSR count). The quantitative estimate of drug-likeness (QED) is 0.878. The Morgan fingerprint density at radius 1 is 1.56 bits per heavy atom. The van der Waals surface area contributed by atoms with E-state index >= 15 is 0 Å². The molecule has 0 bridgehead atoms. The zero-order valence-electron chi connectivity index (χ0n) is 10.9. The fraction of sp³-hybridized carbons (Fsp3) is 0.500. The second-order valence-electron chi connectivity index (χ2n) is 4.92. The van der Waals surface area contributed by atoms with Crippen molar-refractivity contribution < 1.29 is 4.79 Å². The Labute approximate surface area is 113 Å². The summed E-state index contributed by atoms with van der Waals surface area (Å²) >= 11 is 1.88. The predicted octanol–water partition coefficient (Wildman–Crippen LogP) is 2.47. The van der Waals surface area contributed by atoms with Crippen LogP contribution < -0.4 is 11.1 Å². The van der Waals surface area contributed by atoms with E-state index in [-0.39, 0.29) is 11.9 Å². The first-order valence-electron chi connectivity index (χ1n) is 6.36. The minimum atomic E-state index is -0.625. The summed E-state index contributed by atoms with van der Waals surface area (Å²) in [6.45, 7) is 3.88. The van der Waals surface area contributed by atoms with Gasteiger partial charge < -0.3 is 5.73 Å². The van der Waals surface area contributed by atoms with Crippen molar-refractivity contribution in [3.8, 4) is 0 Å². The number of carbonyl (C=O) groups excluding carboxylic acids is 1. The van der Waals surface area contributed by atoms with Crippen molar-refractivity contribution in [3.63, 3.8) is 0 Å². The number of primary amides is 1. The molecular formula is C14H20N2OS. The van der Waals surface area contributed by atoms with Gasteiger partial charge in [0.25, 0.3) is 0 Å². The summed E-state index contributed by atoms with van der Waals surface area (Å²) in [4.78, 5) is 12.9. The van der Waals surface area contributed by atoms with E-state index in [2.05, 4.69) is 23.5 Å². The highest BCUT2D eigenvalue weighted by molar-refractivity contribution is 7.99. The molecule has 0 aliphatic carbocycles. The molecule has 2 unspecified atom stereocenters. The maximum Gasteiger partial charge on any atom is 0.237 e. The third kappa shape index (κ3) is 2.54. The Balaban J connectivity index is 2.23. The summed E-state index contributed by atoms with van der Waals surface area (Å²) in [6, 6.07) is 8.60. The molecule has 1 aliphatic heterocycles. The number of nitrogens with one attached hydrogen (secondary N) is 1. The lowest BCUT2D eigenvalue weighted by Gasteiger charge is -2.34. The molecule has 98 valence electrons. The normalized spacial score (nSPS) is 22.0. The molecule has 1 amide bonds. The molecule has 0 aromatic heterocycles. The van der Waals surface area contributed by atoms with Gasteiger partial charge in [-0.05, 0) is 37.1 Å². The van der Waals surface area contributed by atoms with Gasteiger partial charge in [0.1, 0.15) is 0 Å². The number of thioether (sulfide) groups is 1. The standard InChI is InChI=1S/C14H20N2OS/c1-3-14(2,13(15)17)16-11-8-9-18-12-7-5-4-6-10(11)12/h4-7,11,16H,3,8-9H2,1-2H3,(H2,15,17). The average Bonchev–Trinajstić information content (AvgIpc) is 2.39. The molecule has 1 heterocycles. The van der Waals surface area contributed by atoms with Crippen molar-refractivity contribution in [1.82, 2.24) is 5.32 Å². The maximum absolute atomic E-state index is 11.6. The van der Waals surface area contributed by atoms with Crippen LogP contribution in [0.2, 0.25) is 0 Å². The first-order chi connectivity index (χ1) is 8.57. The lowest BCUT2D eigenvalue weighted by atomic mass is 9.93. The summed E-state index contributed by atoms with van der Waals surface area (Å²) in [6.07, 6.45) is 1.73. The van der Waals surface area contributed by atoms with Crippen LogP contribution in [0.15, 0.2) is 29.2 Å². The highest BCUT2D eigenvalue weighted by Gasteiger charge is 2.33. The van der Waals surface area contributed by atoms with E-state index in [0.29, 0.717) is 6.42 Å². The third-order valence-electron chi connectivity index (χ3n) is 3.70. The molecule has 0 radical (unpaired) electrons. The fourth-order valence-electron chi connectivity index (χ4n) is 2.22. The number of hydrogen-bond donors (Lipinski definition) is 2. The van der Waals surface area contributed by atoms with Gasteiger partial charge in [0.2, 0.25) is 5.91 Å². The Kier molecular flexibility index (Phi) is 3.97. The lowest BCUT2D eigenvalue weighted by Crippen LogP contribution is -2.54. The molecule has 0 saturated heterocycles.